The quantitative estimate of drug-likeness (QED) is 0.666. The SMILES string of the molecule is CCCCN(C)C(=NC)NCc1cc(Br)cs1. The second kappa shape index (κ2) is 7.71. The number of hydrogen-bond donors (Lipinski definition) is 1. The highest BCUT2D eigenvalue weighted by molar-refractivity contribution is 9.10. The summed E-state index contributed by atoms with van der Waals surface area (Å²) in [6.45, 7) is 4.08. The number of guanidine groups is 1. The Morgan fingerprint density at radius 3 is 2.88 bits per heavy atom. The molecule has 1 heterocycles. The van der Waals surface area contributed by atoms with Crippen LogP contribution in [0.4, 0.5) is 0 Å². The summed E-state index contributed by atoms with van der Waals surface area (Å²) >= 11 is 5.21. The van der Waals surface area contributed by atoms with Gasteiger partial charge >= 0.3 is 0 Å². The van der Waals surface area contributed by atoms with Crippen molar-refractivity contribution in [2.75, 3.05) is 20.6 Å². The van der Waals surface area contributed by atoms with Crippen LogP contribution in [0.5, 0.6) is 0 Å². The predicted octanol–water partition coefficient (Wildman–Crippen LogP) is 3.32. The van der Waals surface area contributed by atoms with Crippen LogP contribution in [0.2, 0.25) is 0 Å². The Labute approximate surface area is 116 Å². The van der Waals surface area contributed by atoms with Crippen molar-refractivity contribution in [1.82, 2.24) is 10.2 Å². The Hall–Kier alpha value is -0.550. The first-order valence-electron chi connectivity index (χ1n) is 5.82. The molecule has 0 fully saturated rings. The molecule has 5 heteroatoms. The van der Waals surface area contributed by atoms with E-state index in [2.05, 4.69) is 56.6 Å². The lowest BCUT2D eigenvalue weighted by atomic mass is 10.3. The lowest BCUT2D eigenvalue weighted by molar-refractivity contribution is 0.465. The second-order valence-corrected chi connectivity index (χ2v) is 5.82. The van der Waals surface area contributed by atoms with Gasteiger partial charge in [0.15, 0.2) is 5.96 Å². The zero-order valence-electron chi connectivity index (χ0n) is 10.7. The van der Waals surface area contributed by atoms with Crippen molar-refractivity contribution < 1.29 is 0 Å². The van der Waals surface area contributed by atoms with E-state index in [1.807, 2.05) is 7.05 Å². The summed E-state index contributed by atoms with van der Waals surface area (Å²) in [5.74, 6) is 0.961. The first kappa shape index (κ1) is 14.5. The molecule has 0 atom stereocenters. The van der Waals surface area contributed by atoms with Crippen LogP contribution in [0, 0.1) is 0 Å². The molecule has 0 bridgehead atoms. The van der Waals surface area contributed by atoms with Crippen LogP contribution in [-0.4, -0.2) is 31.5 Å². The van der Waals surface area contributed by atoms with E-state index in [1.54, 1.807) is 11.3 Å². The standard InChI is InChI=1S/C12H20BrN3S/c1-4-5-6-16(3)12(14-2)15-8-11-7-10(13)9-17-11/h7,9H,4-6,8H2,1-3H3,(H,14,15). The Kier molecular flexibility index (Phi) is 6.58. The second-order valence-electron chi connectivity index (χ2n) is 3.91. The number of unbranched alkanes of at least 4 members (excludes halogenated alkanes) is 1. The van der Waals surface area contributed by atoms with E-state index in [1.165, 1.54) is 17.7 Å². The van der Waals surface area contributed by atoms with Gasteiger partial charge in [-0.1, -0.05) is 13.3 Å². The van der Waals surface area contributed by atoms with Crippen molar-refractivity contribution in [3.63, 3.8) is 0 Å². The molecule has 0 radical (unpaired) electrons. The summed E-state index contributed by atoms with van der Waals surface area (Å²) in [6, 6.07) is 2.14. The van der Waals surface area contributed by atoms with Gasteiger partial charge in [0.1, 0.15) is 0 Å². The third-order valence-corrected chi connectivity index (χ3v) is 4.16. The van der Waals surface area contributed by atoms with Crippen molar-refractivity contribution in [1.29, 1.82) is 0 Å². The molecule has 1 rings (SSSR count). The van der Waals surface area contributed by atoms with E-state index in [0.29, 0.717) is 0 Å². The van der Waals surface area contributed by atoms with Gasteiger partial charge in [-0.15, -0.1) is 11.3 Å². The molecule has 0 unspecified atom stereocenters. The molecule has 1 aromatic rings. The molecule has 0 spiro atoms. The van der Waals surface area contributed by atoms with E-state index in [0.717, 1.165) is 23.5 Å². The minimum Gasteiger partial charge on any atom is -0.351 e. The molecule has 0 amide bonds. The van der Waals surface area contributed by atoms with Gasteiger partial charge in [-0.25, -0.2) is 0 Å². The highest BCUT2D eigenvalue weighted by atomic mass is 79.9. The normalized spacial score (nSPS) is 11.6. The Morgan fingerprint density at radius 1 is 1.59 bits per heavy atom. The van der Waals surface area contributed by atoms with Crippen molar-refractivity contribution in [2.24, 2.45) is 4.99 Å². The maximum Gasteiger partial charge on any atom is 0.193 e. The summed E-state index contributed by atoms with van der Waals surface area (Å²) in [6.07, 6.45) is 2.40. The molecule has 0 aliphatic heterocycles. The van der Waals surface area contributed by atoms with Crippen LogP contribution in [-0.2, 0) is 6.54 Å². The van der Waals surface area contributed by atoms with Gasteiger partial charge in [0.2, 0.25) is 0 Å². The molecule has 0 aliphatic carbocycles. The smallest absolute Gasteiger partial charge is 0.193 e. The van der Waals surface area contributed by atoms with Crippen LogP contribution in [0.15, 0.2) is 20.9 Å². The summed E-state index contributed by atoms with van der Waals surface area (Å²) in [7, 11) is 3.91. The lowest BCUT2D eigenvalue weighted by Crippen LogP contribution is -2.38. The molecule has 17 heavy (non-hydrogen) atoms. The van der Waals surface area contributed by atoms with Crippen molar-refractivity contribution in [2.45, 2.75) is 26.3 Å². The van der Waals surface area contributed by atoms with Gasteiger partial charge in [0.05, 0.1) is 6.54 Å². The van der Waals surface area contributed by atoms with Crippen molar-refractivity contribution in [3.8, 4) is 0 Å². The zero-order chi connectivity index (χ0) is 12.7. The van der Waals surface area contributed by atoms with Crippen molar-refractivity contribution >= 4 is 33.2 Å². The third-order valence-electron chi connectivity index (χ3n) is 2.46. The zero-order valence-corrected chi connectivity index (χ0v) is 13.1. The Balaban J connectivity index is 2.42. The average Bonchev–Trinajstić information content (AvgIpc) is 2.73. The summed E-state index contributed by atoms with van der Waals surface area (Å²) in [4.78, 5) is 7.77. The largest absolute Gasteiger partial charge is 0.351 e. The van der Waals surface area contributed by atoms with E-state index < -0.39 is 0 Å². The number of thiophene rings is 1. The number of nitrogens with zero attached hydrogens (tertiary/aromatic N) is 2. The topological polar surface area (TPSA) is 27.6 Å². The number of nitrogens with one attached hydrogen (secondary N) is 1. The van der Waals surface area contributed by atoms with E-state index >= 15 is 0 Å². The van der Waals surface area contributed by atoms with Crippen LogP contribution in [0.3, 0.4) is 0 Å². The molecule has 96 valence electrons. The first-order valence-corrected chi connectivity index (χ1v) is 7.49. The maximum atomic E-state index is 4.29. The fourth-order valence-electron chi connectivity index (χ4n) is 1.50. The number of rotatable bonds is 5. The predicted molar refractivity (Wildman–Crippen MR) is 79.8 cm³/mol. The molecule has 1 aromatic heterocycles. The molecule has 0 aromatic carbocycles. The fourth-order valence-corrected chi connectivity index (χ4v) is 2.89. The third kappa shape index (κ3) is 5.08. The monoisotopic (exact) mass is 317 g/mol. The van der Waals surface area contributed by atoms with Gasteiger partial charge in [0, 0.05) is 35.4 Å². The molecule has 0 saturated heterocycles. The molecule has 0 aliphatic rings. The summed E-state index contributed by atoms with van der Waals surface area (Å²) in [5, 5.41) is 5.47. The number of hydrogen-bond acceptors (Lipinski definition) is 2. The first-order chi connectivity index (χ1) is 8.17. The van der Waals surface area contributed by atoms with Crippen molar-refractivity contribution in [3.05, 3.63) is 20.8 Å². The maximum absolute atomic E-state index is 4.29. The lowest BCUT2D eigenvalue weighted by Gasteiger charge is -2.21. The molecule has 1 N–H and O–H groups in total. The van der Waals surface area contributed by atoms with E-state index in [-0.39, 0.29) is 0 Å². The molecule has 0 saturated carbocycles. The molecule has 3 nitrogen and oxygen atoms in total. The van der Waals surface area contributed by atoms with Gasteiger partial charge in [-0.3, -0.25) is 4.99 Å². The Morgan fingerprint density at radius 2 is 2.35 bits per heavy atom. The highest BCUT2D eigenvalue weighted by Gasteiger charge is 2.05. The van der Waals surface area contributed by atoms with E-state index in [9.17, 15) is 0 Å². The Bertz CT molecular complexity index is 362. The highest BCUT2D eigenvalue weighted by Crippen LogP contribution is 2.19. The number of aliphatic imine (C=N–C) groups is 1. The molecular formula is C12H20BrN3S. The molecular weight excluding hydrogens is 298 g/mol. The van der Waals surface area contributed by atoms with Gasteiger partial charge in [-0.2, -0.15) is 0 Å². The van der Waals surface area contributed by atoms with Crippen LogP contribution >= 0.6 is 27.3 Å². The van der Waals surface area contributed by atoms with Crippen LogP contribution in [0.25, 0.3) is 0 Å². The van der Waals surface area contributed by atoms with Gasteiger partial charge in [0.25, 0.3) is 0 Å². The average molecular weight is 318 g/mol. The number of halogens is 1. The van der Waals surface area contributed by atoms with Crippen LogP contribution < -0.4 is 5.32 Å². The minimum absolute atomic E-state index is 0.833. The summed E-state index contributed by atoms with van der Waals surface area (Å²) < 4.78 is 1.15. The van der Waals surface area contributed by atoms with Gasteiger partial charge in [-0.05, 0) is 28.4 Å². The summed E-state index contributed by atoms with van der Waals surface area (Å²) in [5.41, 5.74) is 0. The van der Waals surface area contributed by atoms with Crippen LogP contribution in [0.1, 0.15) is 24.6 Å². The van der Waals surface area contributed by atoms with E-state index in [4.69, 9.17) is 0 Å². The fraction of sp³-hybridized carbons (Fsp3) is 0.583. The minimum atomic E-state index is 0.833. The van der Waals surface area contributed by atoms with Gasteiger partial charge < -0.3 is 10.2 Å².